The van der Waals surface area contributed by atoms with Gasteiger partial charge in [0.1, 0.15) is 11.4 Å². The van der Waals surface area contributed by atoms with Crippen molar-refractivity contribution in [1.82, 2.24) is 10.3 Å². The number of hydrogen-bond acceptors (Lipinski definition) is 4. The summed E-state index contributed by atoms with van der Waals surface area (Å²) in [5, 5.41) is 6.68. The fraction of sp³-hybridized carbons (Fsp3) is 0.143. The second-order valence-electron chi connectivity index (χ2n) is 5.89. The summed E-state index contributed by atoms with van der Waals surface area (Å²) >= 11 is 6.13. The number of nitrogens with zero attached hydrogens (tertiary/aromatic N) is 1. The highest BCUT2D eigenvalue weighted by Crippen LogP contribution is 2.24. The van der Waals surface area contributed by atoms with Crippen LogP contribution in [0.3, 0.4) is 0 Å². The van der Waals surface area contributed by atoms with E-state index in [4.69, 9.17) is 16.3 Å². The van der Waals surface area contributed by atoms with Crippen molar-refractivity contribution in [2.45, 2.75) is 6.42 Å². The molecule has 3 rings (SSSR count). The molecule has 0 radical (unpaired) electrons. The van der Waals surface area contributed by atoms with Crippen LogP contribution in [0.4, 0.5) is 11.4 Å². The normalized spacial score (nSPS) is 10.3. The number of carbonyl (C=O) groups is 1. The zero-order valence-electron chi connectivity index (χ0n) is 14.9. The van der Waals surface area contributed by atoms with Crippen molar-refractivity contribution in [2.75, 3.05) is 19.0 Å². The Hall–Kier alpha value is -3.05. The van der Waals surface area contributed by atoms with E-state index in [9.17, 15) is 4.79 Å². The van der Waals surface area contributed by atoms with Crippen LogP contribution in [-0.2, 0) is 6.42 Å². The summed E-state index contributed by atoms with van der Waals surface area (Å²) < 4.78 is 5.20. The molecule has 27 heavy (non-hydrogen) atoms. The second kappa shape index (κ2) is 9.05. The number of methoxy groups -OCH3 is 1. The standard InChI is InChI=1S/C21H20ClN3O2/c1-27-17-6-4-5-15(13-17)11-12-23-21(26)20-10-9-16(14-24-20)25-19-8-3-2-7-18(19)22/h2-10,13-14,25H,11-12H2,1H3,(H,23,26). The molecule has 0 fully saturated rings. The third-order valence-corrected chi connectivity index (χ3v) is 4.31. The van der Waals surface area contributed by atoms with E-state index in [1.54, 1.807) is 25.4 Å². The molecule has 1 aromatic heterocycles. The van der Waals surface area contributed by atoms with Gasteiger partial charge in [0.25, 0.3) is 5.91 Å². The molecule has 0 aliphatic heterocycles. The first kappa shape index (κ1) is 18.7. The van der Waals surface area contributed by atoms with Crippen LogP contribution >= 0.6 is 11.6 Å². The van der Waals surface area contributed by atoms with Crippen LogP contribution in [0.1, 0.15) is 16.1 Å². The monoisotopic (exact) mass is 381 g/mol. The molecule has 0 spiro atoms. The maximum absolute atomic E-state index is 12.2. The van der Waals surface area contributed by atoms with Gasteiger partial charge in [0.2, 0.25) is 0 Å². The first-order valence-electron chi connectivity index (χ1n) is 8.54. The van der Waals surface area contributed by atoms with E-state index in [2.05, 4.69) is 15.6 Å². The molecule has 6 heteroatoms. The van der Waals surface area contributed by atoms with Crippen molar-refractivity contribution >= 4 is 28.9 Å². The number of pyridine rings is 1. The van der Waals surface area contributed by atoms with Crippen molar-refractivity contribution in [2.24, 2.45) is 0 Å². The Morgan fingerprint density at radius 1 is 1.11 bits per heavy atom. The van der Waals surface area contributed by atoms with Gasteiger partial charge >= 0.3 is 0 Å². The summed E-state index contributed by atoms with van der Waals surface area (Å²) in [6, 6.07) is 18.7. The minimum Gasteiger partial charge on any atom is -0.497 e. The Labute approximate surface area is 163 Å². The highest BCUT2D eigenvalue weighted by molar-refractivity contribution is 6.33. The Bertz CT molecular complexity index is 913. The quantitative estimate of drug-likeness (QED) is 0.634. The van der Waals surface area contributed by atoms with Gasteiger partial charge in [-0.05, 0) is 48.4 Å². The zero-order chi connectivity index (χ0) is 19.1. The van der Waals surface area contributed by atoms with Gasteiger partial charge in [-0.3, -0.25) is 4.79 Å². The van der Waals surface area contributed by atoms with Gasteiger partial charge in [-0.1, -0.05) is 35.9 Å². The molecule has 2 aromatic carbocycles. The van der Waals surface area contributed by atoms with Crippen molar-refractivity contribution < 1.29 is 9.53 Å². The van der Waals surface area contributed by atoms with Crippen LogP contribution in [0, 0.1) is 0 Å². The van der Waals surface area contributed by atoms with Crippen molar-refractivity contribution in [3.8, 4) is 5.75 Å². The third-order valence-electron chi connectivity index (χ3n) is 3.98. The first-order valence-corrected chi connectivity index (χ1v) is 8.92. The fourth-order valence-electron chi connectivity index (χ4n) is 2.56. The molecule has 1 heterocycles. The molecule has 5 nitrogen and oxygen atoms in total. The summed E-state index contributed by atoms with van der Waals surface area (Å²) in [5.74, 6) is 0.601. The smallest absolute Gasteiger partial charge is 0.269 e. The van der Waals surface area contributed by atoms with Crippen LogP contribution in [0.2, 0.25) is 5.02 Å². The number of anilines is 2. The van der Waals surface area contributed by atoms with Gasteiger partial charge < -0.3 is 15.4 Å². The van der Waals surface area contributed by atoms with Crippen LogP contribution in [-0.4, -0.2) is 24.5 Å². The molecule has 0 saturated carbocycles. The molecule has 3 aromatic rings. The minimum absolute atomic E-state index is 0.206. The molecule has 0 bridgehead atoms. The summed E-state index contributed by atoms with van der Waals surface area (Å²) in [4.78, 5) is 16.5. The molecule has 1 amide bonds. The average Bonchev–Trinajstić information content (AvgIpc) is 2.70. The number of benzene rings is 2. The van der Waals surface area contributed by atoms with Crippen molar-refractivity contribution in [3.63, 3.8) is 0 Å². The van der Waals surface area contributed by atoms with Crippen LogP contribution in [0.25, 0.3) is 0 Å². The molecule has 0 atom stereocenters. The second-order valence-corrected chi connectivity index (χ2v) is 6.30. The third kappa shape index (κ3) is 5.21. The minimum atomic E-state index is -0.206. The lowest BCUT2D eigenvalue weighted by Crippen LogP contribution is -2.26. The van der Waals surface area contributed by atoms with E-state index in [1.165, 1.54) is 0 Å². The molecule has 2 N–H and O–H groups in total. The topological polar surface area (TPSA) is 63.2 Å². The zero-order valence-corrected chi connectivity index (χ0v) is 15.7. The van der Waals surface area contributed by atoms with E-state index in [1.807, 2.05) is 48.5 Å². The Balaban J connectivity index is 1.53. The number of carbonyl (C=O) groups excluding carboxylic acids is 1. The Morgan fingerprint density at radius 3 is 2.70 bits per heavy atom. The van der Waals surface area contributed by atoms with Gasteiger partial charge in [-0.25, -0.2) is 4.98 Å². The summed E-state index contributed by atoms with van der Waals surface area (Å²) in [5.41, 5.74) is 3.01. The Morgan fingerprint density at radius 2 is 1.96 bits per heavy atom. The van der Waals surface area contributed by atoms with Crippen LogP contribution < -0.4 is 15.4 Å². The number of aromatic nitrogens is 1. The van der Waals surface area contributed by atoms with Gasteiger partial charge in [0.15, 0.2) is 0 Å². The highest BCUT2D eigenvalue weighted by Gasteiger charge is 2.07. The van der Waals surface area contributed by atoms with Gasteiger partial charge in [-0.2, -0.15) is 0 Å². The van der Waals surface area contributed by atoms with E-state index in [0.717, 1.165) is 29.1 Å². The predicted octanol–water partition coefficient (Wildman–Crippen LogP) is 4.46. The van der Waals surface area contributed by atoms with Crippen LogP contribution in [0.5, 0.6) is 5.75 Å². The summed E-state index contributed by atoms with van der Waals surface area (Å²) in [6.07, 6.45) is 2.33. The van der Waals surface area contributed by atoms with Crippen molar-refractivity contribution in [1.29, 1.82) is 0 Å². The number of halogens is 1. The number of para-hydroxylation sites is 1. The van der Waals surface area contributed by atoms with E-state index in [0.29, 0.717) is 17.3 Å². The van der Waals surface area contributed by atoms with Gasteiger partial charge in [-0.15, -0.1) is 0 Å². The largest absolute Gasteiger partial charge is 0.497 e. The maximum Gasteiger partial charge on any atom is 0.269 e. The number of rotatable bonds is 7. The SMILES string of the molecule is COc1cccc(CCNC(=O)c2ccc(Nc3ccccc3Cl)cn2)c1. The molecule has 138 valence electrons. The molecule has 0 aliphatic carbocycles. The Kier molecular flexibility index (Phi) is 6.28. The number of ether oxygens (including phenoxy) is 1. The molecular formula is C21H20ClN3O2. The lowest BCUT2D eigenvalue weighted by atomic mass is 10.1. The number of nitrogens with one attached hydrogen (secondary N) is 2. The lowest BCUT2D eigenvalue weighted by Gasteiger charge is -2.09. The van der Waals surface area contributed by atoms with E-state index in [-0.39, 0.29) is 5.91 Å². The van der Waals surface area contributed by atoms with Gasteiger partial charge in [0.05, 0.1) is 29.7 Å². The molecular weight excluding hydrogens is 362 g/mol. The maximum atomic E-state index is 12.2. The molecule has 0 unspecified atom stereocenters. The number of amides is 1. The highest BCUT2D eigenvalue weighted by atomic mass is 35.5. The van der Waals surface area contributed by atoms with Crippen molar-refractivity contribution in [3.05, 3.63) is 83.1 Å². The number of hydrogen-bond donors (Lipinski definition) is 2. The average molecular weight is 382 g/mol. The van der Waals surface area contributed by atoms with Crippen LogP contribution in [0.15, 0.2) is 66.9 Å². The molecule has 0 aliphatic rings. The first-order chi connectivity index (χ1) is 13.2. The van der Waals surface area contributed by atoms with Gasteiger partial charge in [0, 0.05) is 6.54 Å². The fourth-order valence-corrected chi connectivity index (χ4v) is 2.74. The predicted molar refractivity (Wildman–Crippen MR) is 108 cm³/mol. The summed E-state index contributed by atoms with van der Waals surface area (Å²) in [7, 11) is 1.64. The molecule has 0 saturated heterocycles. The summed E-state index contributed by atoms with van der Waals surface area (Å²) in [6.45, 7) is 0.521. The van der Waals surface area contributed by atoms with E-state index >= 15 is 0 Å². The van der Waals surface area contributed by atoms with E-state index < -0.39 is 0 Å². The lowest BCUT2D eigenvalue weighted by molar-refractivity contribution is 0.0949.